The van der Waals surface area contributed by atoms with Crippen LogP contribution in [0.15, 0.2) is 36.7 Å². The van der Waals surface area contributed by atoms with Gasteiger partial charge < -0.3 is 4.90 Å². The maximum Gasteiger partial charge on any atom is 0.252 e. The van der Waals surface area contributed by atoms with Crippen LogP contribution in [0.5, 0.6) is 0 Å². The second-order valence-corrected chi connectivity index (χ2v) is 6.72. The van der Waals surface area contributed by atoms with Crippen LogP contribution in [0.3, 0.4) is 0 Å². The fraction of sp³-hybridized carbons (Fsp3) is 0.278. The minimum Gasteiger partial charge on any atom is -0.308 e. The second-order valence-electron chi connectivity index (χ2n) is 6.34. The summed E-state index contributed by atoms with van der Waals surface area (Å²) in [6.07, 6.45) is 4.05. The number of nitrogens with zero attached hydrogens (tertiary/aromatic N) is 5. The van der Waals surface area contributed by atoms with Gasteiger partial charge in [-0.15, -0.1) is 0 Å². The number of aryl methyl sites for hydroxylation is 1. The molecule has 2 aromatic heterocycles. The summed E-state index contributed by atoms with van der Waals surface area (Å²) in [5, 5.41) is 9.30. The summed E-state index contributed by atoms with van der Waals surface area (Å²) in [7, 11) is 0. The Morgan fingerprint density at radius 2 is 1.92 bits per heavy atom. The molecule has 1 fully saturated rings. The van der Waals surface area contributed by atoms with Crippen molar-refractivity contribution in [3.63, 3.8) is 0 Å². The van der Waals surface area contributed by atoms with E-state index >= 15 is 0 Å². The Balaban J connectivity index is 1.59. The molecule has 1 aliphatic heterocycles. The van der Waals surface area contributed by atoms with Crippen LogP contribution < -0.4 is 4.90 Å². The first-order chi connectivity index (χ1) is 12.5. The van der Waals surface area contributed by atoms with Crippen LogP contribution in [0, 0.1) is 19.7 Å². The van der Waals surface area contributed by atoms with Crippen molar-refractivity contribution in [2.24, 2.45) is 0 Å². The minimum absolute atomic E-state index is 0.0362. The Bertz CT molecular complexity index is 978. The Labute approximate surface area is 154 Å². The molecular weight excluding hydrogens is 357 g/mol. The molecule has 3 aromatic rings. The molecule has 0 saturated carbocycles. The highest BCUT2D eigenvalue weighted by atomic mass is 35.5. The monoisotopic (exact) mass is 373 g/mol. The molecule has 0 aliphatic carbocycles. The van der Waals surface area contributed by atoms with Crippen molar-refractivity contribution in [1.82, 2.24) is 19.6 Å². The van der Waals surface area contributed by atoms with E-state index in [2.05, 4.69) is 10.2 Å². The third-order valence-electron chi connectivity index (χ3n) is 4.68. The molecule has 26 heavy (non-hydrogen) atoms. The molecule has 1 aromatic carbocycles. The van der Waals surface area contributed by atoms with Crippen LogP contribution in [0.4, 0.5) is 10.1 Å². The zero-order valence-corrected chi connectivity index (χ0v) is 15.1. The summed E-state index contributed by atoms with van der Waals surface area (Å²) >= 11 is 6.21. The molecule has 8 heteroatoms. The summed E-state index contributed by atoms with van der Waals surface area (Å²) in [6, 6.07) is 5.66. The second kappa shape index (κ2) is 6.25. The molecule has 0 radical (unpaired) electrons. The van der Waals surface area contributed by atoms with Crippen molar-refractivity contribution in [3.8, 4) is 5.69 Å². The summed E-state index contributed by atoms with van der Waals surface area (Å²) < 4.78 is 16.4. The van der Waals surface area contributed by atoms with Gasteiger partial charge in [-0.05, 0) is 44.5 Å². The van der Waals surface area contributed by atoms with Crippen LogP contribution in [-0.2, 0) is 4.79 Å². The molecule has 3 heterocycles. The predicted octanol–water partition coefficient (Wildman–Crippen LogP) is 3.46. The molecule has 0 N–H and O–H groups in total. The van der Waals surface area contributed by atoms with E-state index in [4.69, 9.17) is 11.6 Å². The predicted molar refractivity (Wildman–Crippen MR) is 96.2 cm³/mol. The molecule has 1 saturated heterocycles. The largest absolute Gasteiger partial charge is 0.308 e. The highest BCUT2D eigenvalue weighted by Gasteiger charge is 2.36. The number of anilines is 1. The maximum atomic E-state index is 13.1. The summed E-state index contributed by atoms with van der Waals surface area (Å²) in [4.78, 5) is 14.6. The zero-order chi connectivity index (χ0) is 18.4. The maximum absolute atomic E-state index is 13.1. The minimum atomic E-state index is -0.365. The first-order valence-electron chi connectivity index (χ1n) is 8.29. The van der Waals surface area contributed by atoms with Gasteiger partial charge in [-0.25, -0.2) is 9.07 Å². The first kappa shape index (κ1) is 16.8. The van der Waals surface area contributed by atoms with Gasteiger partial charge >= 0.3 is 0 Å². The van der Waals surface area contributed by atoms with Crippen LogP contribution in [0.25, 0.3) is 5.69 Å². The average Bonchev–Trinajstić information content (AvgIpc) is 3.31. The van der Waals surface area contributed by atoms with Crippen molar-refractivity contribution < 1.29 is 9.18 Å². The molecular formula is C18H17ClFN5O. The van der Waals surface area contributed by atoms with E-state index in [1.165, 1.54) is 12.1 Å². The highest BCUT2D eigenvalue weighted by molar-refractivity contribution is 6.31. The lowest BCUT2D eigenvalue weighted by Gasteiger charge is -2.15. The SMILES string of the molecule is Cc1nn(C2CCN(c3cnn(-c4ccc(F)cc4)c3)C2=O)c(C)c1Cl. The Morgan fingerprint density at radius 3 is 2.58 bits per heavy atom. The normalized spacial score (nSPS) is 17.3. The summed E-state index contributed by atoms with van der Waals surface area (Å²) in [5.74, 6) is -0.340. The van der Waals surface area contributed by atoms with E-state index in [0.717, 1.165) is 17.1 Å². The van der Waals surface area contributed by atoms with E-state index < -0.39 is 0 Å². The zero-order valence-electron chi connectivity index (χ0n) is 14.4. The number of carbonyl (C=O) groups excluding carboxylic acids is 1. The van der Waals surface area contributed by atoms with Gasteiger partial charge in [-0.1, -0.05) is 11.6 Å². The number of hydrogen-bond donors (Lipinski definition) is 0. The van der Waals surface area contributed by atoms with Gasteiger partial charge in [-0.3, -0.25) is 9.48 Å². The lowest BCUT2D eigenvalue weighted by molar-refractivity contribution is -0.120. The molecule has 134 valence electrons. The molecule has 0 spiro atoms. The van der Waals surface area contributed by atoms with E-state index in [1.54, 1.807) is 38.8 Å². The molecule has 4 rings (SSSR count). The van der Waals surface area contributed by atoms with Gasteiger partial charge in [0.25, 0.3) is 5.91 Å². The highest BCUT2D eigenvalue weighted by Crippen LogP contribution is 2.31. The molecule has 0 bridgehead atoms. The summed E-state index contributed by atoms with van der Waals surface area (Å²) in [6.45, 7) is 4.27. The van der Waals surface area contributed by atoms with E-state index in [0.29, 0.717) is 23.7 Å². The Morgan fingerprint density at radius 1 is 1.19 bits per heavy atom. The number of benzene rings is 1. The first-order valence-corrected chi connectivity index (χ1v) is 8.66. The molecule has 1 aliphatic rings. The Hall–Kier alpha value is -2.67. The van der Waals surface area contributed by atoms with Gasteiger partial charge in [0.2, 0.25) is 0 Å². The third kappa shape index (κ3) is 2.68. The smallest absolute Gasteiger partial charge is 0.252 e. The Kier molecular flexibility index (Phi) is 4.03. The van der Waals surface area contributed by atoms with E-state index in [9.17, 15) is 9.18 Å². The van der Waals surface area contributed by atoms with Crippen LogP contribution in [0.2, 0.25) is 5.02 Å². The fourth-order valence-corrected chi connectivity index (χ4v) is 3.41. The average molecular weight is 374 g/mol. The van der Waals surface area contributed by atoms with Crippen LogP contribution >= 0.6 is 11.6 Å². The van der Waals surface area contributed by atoms with Crippen molar-refractivity contribution in [3.05, 3.63) is 58.9 Å². The number of rotatable bonds is 3. The summed E-state index contributed by atoms with van der Waals surface area (Å²) in [5.41, 5.74) is 2.95. The van der Waals surface area contributed by atoms with Gasteiger partial charge in [0.1, 0.15) is 11.9 Å². The standard InChI is InChI=1S/C18H17ClFN5O/c1-11-17(19)12(2)25(22-11)16-7-8-23(18(16)26)15-9-21-24(10-15)14-5-3-13(20)4-6-14/h3-6,9-10,16H,7-8H2,1-2H3. The lowest BCUT2D eigenvalue weighted by Crippen LogP contribution is -2.28. The number of hydrogen-bond acceptors (Lipinski definition) is 3. The van der Waals surface area contributed by atoms with Gasteiger partial charge in [-0.2, -0.15) is 10.2 Å². The van der Waals surface area contributed by atoms with Crippen molar-refractivity contribution in [2.75, 3.05) is 11.4 Å². The fourth-order valence-electron chi connectivity index (χ4n) is 3.28. The van der Waals surface area contributed by atoms with Gasteiger partial charge in [0.15, 0.2) is 0 Å². The molecule has 1 amide bonds. The van der Waals surface area contributed by atoms with Crippen molar-refractivity contribution in [1.29, 1.82) is 0 Å². The van der Waals surface area contributed by atoms with Crippen molar-refractivity contribution >= 4 is 23.2 Å². The topological polar surface area (TPSA) is 56.0 Å². The lowest BCUT2D eigenvalue weighted by atomic mass is 10.2. The van der Waals surface area contributed by atoms with E-state index in [1.807, 2.05) is 13.8 Å². The van der Waals surface area contributed by atoms with E-state index in [-0.39, 0.29) is 17.8 Å². The van der Waals surface area contributed by atoms with Crippen molar-refractivity contribution in [2.45, 2.75) is 26.3 Å². The number of amides is 1. The number of carbonyl (C=O) groups is 1. The third-order valence-corrected chi connectivity index (χ3v) is 5.23. The number of halogens is 2. The van der Waals surface area contributed by atoms with Crippen LogP contribution in [-0.4, -0.2) is 32.0 Å². The molecule has 6 nitrogen and oxygen atoms in total. The van der Waals surface area contributed by atoms with Crippen LogP contribution in [0.1, 0.15) is 23.9 Å². The number of aromatic nitrogens is 4. The van der Waals surface area contributed by atoms with Gasteiger partial charge in [0.05, 0.1) is 40.2 Å². The molecule has 1 unspecified atom stereocenters. The van der Waals surface area contributed by atoms with Gasteiger partial charge in [0, 0.05) is 6.54 Å². The quantitative estimate of drug-likeness (QED) is 0.706. The molecule has 1 atom stereocenters.